The molecule has 1 aliphatic heterocycles. The lowest BCUT2D eigenvalue weighted by Crippen LogP contribution is -2.32. The number of pyridine rings is 1. The Labute approximate surface area is 165 Å². The van der Waals surface area contributed by atoms with E-state index in [1.807, 2.05) is 30.3 Å². The van der Waals surface area contributed by atoms with Gasteiger partial charge in [-0.05, 0) is 23.8 Å². The quantitative estimate of drug-likeness (QED) is 0.511. The van der Waals surface area contributed by atoms with Crippen molar-refractivity contribution in [2.75, 3.05) is 5.32 Å². The summed E-state index contributed by atoms with van der Waals surface area (Å²) in [5.74, 6) is -0.161. The summed E-state index contributed by atoms with van der Waals surface area (Å²) in [4.78, 5) is 29.6. The fourth-order valence-electron chi connectivity index (χ4n) is 3.21. The molecule has 2 aromatic carbocycles. The van der Waals surface area contributed by atoms with Crippen LogP contribution >= 0.6 is 11.6 Å². The molecule has 1 N–H and O–H groups in total. The number of aromatic nitrogens is 1. The van der Waals surface area contributed by atoms with E-state index in [4.69, 9.17) is 11.6 Å². The van der Waals surface area contributed by atoms with E-state index >= 15 is 0 Å². The van der Waals surface area contributed by atoms with Gasteiger partial charge in [-0.3, -0.25) is 19.9 Å². The Morgan fingerprint density at radius 3 is 2.68 bits per heavy atom. The molecule has 8 heteroatoms. The minimum Gasteiger partial charge on any atom is -0.359 e. The van der Waals surface area contributed by atoms with E-state index in [0.717, 1.165) is 5.56 Å². The lowest BCUT2D eigenvalue weighted by atomic mass is 10.2. The SMILES string of the molecule is O=C1c2cccnc2[C@@H](Nc2cc([N+](=O)[O-])ccc2Cl)N1Cc1ccccc1. The maximum atomic E-state index is 13.0. The van der Waals surface area contributed by atoms with Gasteiger partial charge in [-0.15, -0.1) is 0 Å². The van der Waals surface area contributed by atoms with E-state index in [1.54, 1.807) is 23.2 Å². The molecule has 3 aromatic rings. The first-order valence-electron chi connectivity index (χ1n) is 8.55. The molecule has 0 radical (unpaired) electrons. The highest BCUT2D eigenvalue weighted by atomic mass is 35.5. The highest BCUT2D eigenvalue weighted by molar-refractivity contribution is 6.33. The number of rotatable bonds is 5. The van der Waals surface area contributed by atoms with Gasteiger partial charge in [-0.2, -0.15) is 0 Å². The number of amides is 1. The smallest absolute Gasteiger partial charge is 0.271 e. The summed E-state index contributed by atoms with van der Waals surface area (Å²) in [5.41, 5.74) is 2.29. The third-order valence-corrected chi connectivity index (χ3v) is 4.88. The van der Waals surface area contributed by atoms with Crippen LogP contribution in [-0.4, -0.2) is 20.7 Å². The first kappa shape index (κ1) is 17.9. The summed E-state index contributed by atoms with van der Waals surface area (Å²) in [6.07, 6.45) is 1.02. The number of carbonyl (C=O) groups is 1. The van der Waals surface area contributed by atoms with E-state index < -0.39 is 11.1 Å². The van der Waals surface area contributed by atoms with Gasteiger partial charge in [0.15, 0.2) is 0 Å². The number of nitro groups is 1. The Balaban J connectivity index is 1.72. The third kappa shape index (κ3) is 3.27. The molecule has 2 heterocycles. The number of nitrogens with zero attached hydrogens (tertiary/aromatic N) is 3. The summed E-state index contributed by atoms with van der Waals surface area (Å²) in [5, 5.41) is 14.6. The van der Waals surface area contributed by atoms with Gasteiger partial charge in [-0.25, -0.2) is 0 Å². The second-order valence-corrected chi connectivity index (χ2v) is 6.73. The molecule has 1 atom stereocenters. The van der Waals surface area contributed by atoms with Crippen molar-refractivity contribution in [2.45, 2.75) is 12.7 Å². The van der Waals surface area contributed by atoms with Crippen LogP contribution in [0.5, 0.6) is 0 Å². The number of hydrogen-bond acceptors (Lipinski definition) is 5. The molecule has 0 saturated carbocycles. The third-order valence-electron chi connectivity index (χ3n) is 4.55. The number of carbonyl (C=O) groups excluding carboxylic acids is 1. The summed E-state index contributed by atoms with van der Waals surface area (Å²) < 4.78 is 0. The molecule has 1 aliphatic rings. The van der Waals surface area contributed by atoms with Crippen LogP contribution in [0, 0.1) is 10.1 Å². The number of nitro benzene ring substituents is 1. The highest BCUT2D eigenvalue weighted by Gasteiger charge is 2.38. The molecular formula is C20H15ClN4O3. The fraction of sp³-hybridized carbons (Fsp3) is 0.100. The van der Waals surface area contributed by atoms with Crippen LogP contribution in [-0.2, 0) is 6.54 Å². The lowest BCUT2D eigenvalue weighted by molar-refractivity contribution is -0.384. The molecule has 0 unspecified atom stereocenters. The minimum atomic E-state index is -0.594. The molecule has 0 aliphatic carbocycles. The van der Waals surface area contributed by atoms with Crippen molar-refractivity contribution >= 4 is 28.9 Å². The van der Waals surface area contributed by atoms with Crippen molar-refractivity contribution in [3.63, 3.8) is 0 Å². The molecule has 7 nitrogen and oxygen atoms in total. The van der Waals surface area contributed by atoms with E-state index in [0.29, 0.717) is 28.5 Å². The van der Waals surface area contributed by atoms with Crippen LogP contribution in [0.4, 0.5) is 11.4 Å². The van der Waals surface area contributed by atoms with E-state index in [9.17, 15) is 14.9 Å². The normalized spacial score (nSPS) is 15.4. The average Bonchev–Trinajstić information content (AvgIpc) is 2.96. The standard InChI is InChI=1S/C20H15ClN4O3/c21-16-9-8-14(25(27)28)11-17(16)23-19-18-15(7-4-10-22-18)20(26)24(19)12-13-5-2-1-3-6-13/h1-11,19,23H,12H2/t19-/m0/s1. The fourth-order valence-corrected chi connectivity index (χ4v) is 3.38. The summed E-state index contributed by atoms with van der Waals surface area (Å²) in [6, 6.07) is 17.2. The van der Waals surface area contributed by atoms with Crippen molar-refractivity contribution in [3.05, 3.63) is 98.8 Å². The topological polar surface area (TPSA) is 88.4 Å². The number of fused-ring (bicyclic) bond motifs is 1. The number of non-ortho nitro benzene ring substituents is 1. The summed E-state index contributed by atoms with van der Waals surface area (Å²) >= 11 is 6.24. The van der Waals surface area contributed by atoms with Crippen LogP contribution < -0.4 is 5.32 Å². The first-order valence-corrected chi connectivity index (χ1v) is 8.92. The maximum Gasteiger partial charge on any atom is 0.271 e. The zero-order chi connectivity index (χ0) is 19.7. The van der Waals surface area contributed by atoms with Crippen LogP contribution in [0.2, 0.25) is 5.02 Å². The summed E-state index contributed by atoms with van der Waals surface area (Å²) in [7, 11) is 0. The van der Waals surface area contributed by atoms with Crippen molar-refractivity contribution in [2.24, 2.45) is 0 Å². The van der Waals surface area contributed by atoms with Gasteiger partial charge in [0.2, 0.25) is 0 Å². The second kappa shape index (κ2) is 7.28. The molecule has 28 heavy (non-hydrogen) atoms. The monoisotopic (exact) mass is 394 g/mol. The lowest BCUT2D eigenvalue weighted by Gasteiger charge is -2.27. The molecule has 1 aromatic heterocycles. The predicted molar refractivity (Wildman–Crippen MR) is 105 cm³/mol. The largest absolute Gasteiger partial charge is 0.359 e. The highest BCUT2D eigenvalue weighted by Crippen LogP contribution is 2.37. The molecule has 0 spiro atoms. The van der Waals surface area contributed by atoms with E-state index in [2.05, 4.69) is 10.3 Å². The zero-order valence-electron chi connectivity index (χ0n) is 14.6. The zero-order valence-corrected chi connectivity index (χ0v) is 15.3. The van der Waals surface area contributed by atoms with E-state index in [1.165, 1.54) is 18.2 Å². The molecule has 1 amide bonds. The van der Waals surface area contributed by atoms with E-state index in [-0.39, 0.29) is 11.6 Å². The van der Waals surface area contributed by atoms with Crippen LogP contribution in [0.3, 0.4) is 0 Å². The predicted octanol–water partition coefficient (Wildman–Crippen LogP) is 4.41. The number of nitrogens with one attached hydrogen (secondary N) is 1. The molecule has 4 rings (SSSR count). The molecule has 140 valence electrons. The van der Waals surface area contributed by atoms with Crippen molar-refractivity contribution in [1.29, 1.82) is 0 Å². The van der Waals surface area contributed by atoms with Gasteiger partial charge in [0.1, 0.15) is 6.17 Å². The Bertz CT molecular complexity index is 1060. The van der Waals surface area contributed by atoms with Crippen LogP contribution in [0.15, 0.2) is 66.9 Å². The first-order chi connectivity index (χ1) is 13.5. The Morgan fingerprint density at radius 1 is 1.14 bits per heavy atom. The van der Waals surface area contributed by atoms with Gasteiger partial charge in [0.25, 0.3) is 11.6 Å². The van der Waals surface area contributed by atoms with Gasteiger partial charge in [0, 0.05) is 24.9 Å². The summed E-state index contributed by atoms with van der Waals surface area (Å²) in [6.45, 7) is 0.361. The Hall–Kier alpha value is -3.45. The van der Waals surface area contributed by atoms with Crippen LogP contribution in [0.1, 0.15) is 27.8 Å². The van der Waals surface area contributed by atoms with Gasteiger partial charge in [-0.1, -0.05) is 41.9 Å². The minimum absolute atomic E-state index is 0.0907. The second-order valence-electron chi connectivity index (χ2n) is 6.32. The number of halogens is 1. The number of benzene rings is 2. The number of hydrogen-bond donors (Lipinski definition) is 1. The van der Waals surface area contributed by atoms with Crippen molar-refractivity contribution in [1.82, 2.24) is 9.88 Å². The molecule has 0 saturated heterocycles. The molecule has 0 fully saturated rings. The van der Waals surface area contributed by atoms with Crippen LogP contribution in [0.25, 0.3) is 0 Å². The van der Waals surface area contributed by atoms with Crippen molar-refractivity contribution < 1.29 is 9.72 Å². The molecular weight excluding hydrogens is 380 g/mol. The van der Waals surface area contributed by atoms with Gasteiger partial charge < -0.3 is 10.2 Å². The molecule has 0 bridgehead atoms. The Morgan fingerprint density at radius 2 is 1.93 bits per heavy atom. The average molecular weight is 395 g/mol. The Kier molecular flexibility index (Phi) is 4.67. The van der Waals surface area contributed by atoms with Gasteiger partial charge in [0.05, 0.1) is 26.9 Å². The van der Waals surface area contributed by atoms with Crippen molar-refractivity contribution in [3.8, 4) is 0 Å². The maximum absolute atomic E-state index is 13.0. The number of anilines is 1. The van der Waals surface area contributed by atoms with Gasteiger partial charge >= 0.3 is 0 Å².